The smallest absolute Gasteiger partial charge is 0.124 e. The number of nitrogens with zero attached hydrogens (tertiary/aromatic N) is 1. The zero-order chi connectivity index (χ0) is 10.5. The van der Waals surface area contributed by atoms with E-state index in [9.17, 15) is 0 Å². The van der Waals surface area contributed by atoms with Crippen LogP contribution >= 0.6 is 11.3 Å². The van der Waals surface area contributed by atoms with E-state index in [0.29, 0.717) is 0 Å². The van der Waals surface area contributed by atoms with Gasteiger partial charge in [0.05, 0.1) is 6.04 Å². The minimum absolute atomic E-state index is 0.0971. The number of nitrogens with one attached hydrogen (secondary N) is 2. The summed E-state index contributed by atoms with van der Waals surface area (Å²) in [5.41, 5.74) is 4.13. The Morgan fingerprint density at radius 2 is 2.53 bits per heavy atom. The molecular weight excluding hydrogens is 208 g/mol. The predicted octanol–water partition coefficient (Wildman–Crippen LogP) is 1.61. The third-order valence-electron chi connectivity index (χ3n) is 2.35. The van der Waals surface area contributed by atoms with Crippen LogP contribution in [0.3, 0.4) is 0 Å². The topological polar surface area (TPSA) is 66.7 Å². The minimum Gasteiger partial charge on any atom is -0.347 e. The first kappa shape index (κ1) is 10.4. The summed E-state index contributed by atoms with van der Waals surface area (Å²) in [5.74, 6) is 6.39. The first-order valence-corrected chi connectivity index (χ1v) is 5.81. The normalized spacial score (nSPS) is 12.9. The van der Waals surface area contributed by atoms with Gasteiger partial charge in [-0.1, -0.05) is 0 Å². The number of aromatic amines is 1. The van der Waals surface area contributed by atoms with Crippen LogP contribution in [0.15, 0.2) is 29.2 Å². The highest BCUT2D eigenvalue weighted by Crippen LogP contribution is 2.16. The van der Waals surface area contributed by atoms with Crippen LogP contribution in [0, 0.1) is 0 Å². The van der Waals surface area contributed by atoms with E-state index in [1.165, 1.54) is 5.56 Å². The lowest BCUT2D eigenvalue weighted by Gasteiger charge is -2.12. The van der Waals surface area contributed by atoms with Crippen LogP contribution in [0.25, 0.3) is 0 Å². The van der Waals surface area contributed by atoms with Crippen LogP contribution in [-0.2, 0) is 6.42 Å². The Morgan fingerprint density at radius 1 is 1.60 bits per heavy atom. The van der Waals surface area contributed by atoms with Crippen molar-refractivity contribution in [1.82, 2.24) is 15.4 Å². The van der Waals surface area contributed by atoms with E-state index in [1.54, 1.807) is 17.5 Å². The van der Waals surface area contributed by atoms with Crippen LogP contribution in [-0.4, -0.2) is 9.97 Å². The highest BCUT2D eigenvalue weighted by molar-refractivity contribution is 7.07. The number of hydrogen-bond donors (Lipinski definition) is 3. The molecule has 1 unspecified atom stereocenters. The van der Waals surface area contributed by atoms with Gasteiger partial charge in [-0.2, -0.15) is 11.3 Å². The quantitative estimate of drug-likeness (QED) is 0.532. The van der Waals surface area contributed by atoms with Crippen molar-refractivity contribution < 1.29 is 0 Å². The lowest BCUT2D eigenvalue weighted by atomic mass is 10.1. The van der Waals surface area contributed by atoms with Gasteiger partial charge in [0, 0.05) is 12.4 Å². The molecule has 2 rings (SSSR count). The summed E-state index contributed by atoms with van der Waals surface area (Å²) in [7, 11) is 0. The van der Waals surface area contributed by atoms with Gasteiger partial charge in [0.1, 0.15) is 5.82 Å². The average Bonchev–Trinajstić information content (AvgIpc) is 2.90. The Bertz CT molecular complexity index is 368. The predicted molar refractivity (Wildman–Crippen MR) is 61.3 cm³/mol. The van der Waals surface area contributed by atoms with Crippen LogP contribution < -0.4 is 11.3 Å². The van der Waals surface area contributed by atoms with Crippen molar-refractivity contribution in [1.29, 1.82) is 0 Å². The van der Waals surface area contributed by atoms with E-state index in [-0.39, 0.29) is 6.04 Å². The first-order chi connectivity index (χ1) is 7.40. The highest BCUT2D eigenvalue weighted by atomic mass is 32.1. The molecule has 4 N–H and O–H groups in total. The van der Waals surface area contributed by atoms with Gasteiger partial charge in [0.2, 0.25) is 0 Å². The summed E-state index contributed by atoms with van der Waals surface area (Å²) in [6.45, 7) is 0. The second-order valence-electron chi connectivity index (χ2n) is 3.36. The largest absolute Gasteiger partial charge is 0.347 e. The average molecular weight is 222 g/mol. The van der Waals surface area contributed by atoms with Crippen molar-refractivity contribution in [2.24, 2.45) is 5.84 Å². The molecule has 2 aromatic rings. The van der Waals surface area contributed by atoms with Crippen molar-refractivity contribution >= 4 is 11.3 Å². The van der Waals surface area contributed by atoms with E-state index in [1.807, 2.05) is 6.20 Å². The van der Waals surface area contributed by atoms with Crippen molar-refractivity contribution in [2.45, 2.75) is 18.9 Å². The maximum absolute atomic E-state index is 5.50. The van der Waals surface area contributed by atoms with Gasteiger partial charge in [0.15, 0.2) is 0 Å². The molecule has 2 aromatic heterocycles. The number of H-pyrrole nitrogens is 1. The molecule has 4 nitrogen and oxygen atoms in total. The highest BCUT2D eigenvalue weighted by Gasteiger charge is 2.11. The number of nitrogens with two attached hydrogens (primary N) is 1. The van der Waals surface area contributed by atoms with Gasteiger partial charge in [-0.15, -0.1) is 0 Å². The van der Waals surface area contributed by atoms with Crippen LogP contribution in [0.1, 0.15) is 23.9 Å². The molecule has 0 spiro atoms. The molecule has 0 aliphatic heterocycles. The Morgan fingerprint density at radius 3 is 3.13 bits per heavy atom. The molecule has 0 fully saturated rings. The van der Waals surface area contributed by atoms with Gasteiger partial charge in [0.25, 0.3) is 0 Å². The fourth-order valence-electron chi connectivity index (χ4n) is 1.51. The molecule has 0 saturated carbocycles. The molecule has 15 heavy (non-hydrogen) atoms. The van der Waals surface area contributed by atoms with Gasteiger partial charge in [-0.3, -0.25) is 5.84 Å². The van der Waals surface area contributed by atoms with Crippen LogP contribution in [0.2, 0.25) is 0 Å². The number of aryl methyl sites for hydroxylation is 1. The van der Waals surface area contributed by atoms with Gasteiger partial charge < -0.3 is 4.98 Å². The Kier molecular flexibility index (Phi) is 3.49. The summed E-state index contributed by atoms with van der Waals surface area (Å²) in [6.07, 6.45) is 5.51. The molecule has 0 aromatic carbocycles. The Balaban J connectivity index is 1.92. The number of rotatable bonds is 5. The molecule has 0 radical (unpaired) electrons. The van der Waals surface area contributed by atoms with Crippen LogP contribution in [0.5, 0.6) is 0 Å². The maximum Gasteiger partial charge on any atom is 0.124 e. The standard InChI is InChI=1S/C10H14N4S/c11-14-9(10-12-4-5-13-10)2-1-8-3-6-15-7-8/h3-7,9,14H,1-2,11H2,(H,12,13). The molecule has 0 aliphatic rings. The molecular formula is C10H14N4S. The van der Waals surface area contributed by atoms with Crippen molar-refractivity contribution in [3.05, 3.63) is 40.6 Å². The zero-order valence-electron chi connectivity index (χ0n) is 8.31. The second kappa shape index (κ2) is 5.06. The van der Waals surface area contributed by atoms with Gasteiger partial charge in [-0.25, -0.2) is 10.4 Å². The summed E-state index contributed by atoms with van der Waals surface area (Å²) in [6, 6.07) is 2.24. The first-order valence-electron chi connectivity index (χ1n) is 4.86. The molecule has 0 aliphatic carbocycles. The number of hydrogen-bond acceptors (Lipinski definition) is 4. The molecule has 0 bridgehead atoms. The molecule has 0 amide bonds. The molecule has 1 atom stereocenters. The molecule has 5 heteroatoms. The number of thiophene rings is 1. The van der Waals surface area contributed by atoms with Crippen molar-refractivity contribution in [3.8, 4) is 0 Å². The molecule has 80 valence electrons. The fraction of sp³-hybridized carbons (Fsp3) is 0.300. The number of aromatic nitrogens is 2. The molecule has 2 heterocycles. The van der Waals surface area contributed by atoms with E-state index in [4.69, 9.17) is 5.84 Å². The Labute approximate surface area is 92.5 Å². The third-order valence-corrected chi connectivity index (χ3v) is 3.08. The zero-order valence-corrected chi connectivity index (χ0v) is 9.13. The number of hydrazine groups is 1. The lowest BCUT2D eigenvalue weighted by Crippen LogP contribution is -2.29. The minimum atomic E-state index is 0.0971. The number of imidazole rings is 1. The Hall–Kier alpha value is -1.17. The van der Waals surface area contributed by atoms with Crippen molar-refractivity contribution in [2.75, 3.05) is 0 Å². The van der Waals surface area contributed by atoms with E-state index in [0.717, 1.165) is 18.7 Å². The molecule has 0 saturated heterocycles. The van der Waals surface area contributed by atoms with E-state index < -0.39 is 0 Å². The second-order valence-corrected chi connectivity index (χ2v) is 4.14. The van der Waals surface area contributed by atoms with Crippen molar-refractivity contribution in [3.63, 3.8) is 0 Å². The van der Waals surface area contributed by atoms with Gasteiger partial charge in [-0.05, 0) is 35.2 Å². The van der Waals surface area contributed by atoms with E-state index in [2.05, 4.69) is 32.2 Å². The summed E-state index contributed by atoms with van der Waals surface area (Å²) < 4.78 is 0. The van der Waals surface area contributed by atoms with Gasteiger partial charge >= 0.3 is 0 Å². The third kappa shape index (κ3) is 2.65. The summed E-state index contributed by atoms with van der Waals surface area (Å²) in [4.78, 5) is 7.26. The monoisotopic (exact) mass is 222 g/mol. The van der Waals surface area contributed by atoms with E-state index >= 15 is 0 Å². The summed E-state index contributed by atoms with van der Waals surface area (Å²) >= 11 is 1.72. The SMILES string of the molecule is NNC(CCc1ccsc1)c1ncc[nH]1. The maximum atomic E-state index is 5.50. The lowest BCUT2D eigenvalue weighted by molar-refractivity contribution is 0.495. The summed E-state index contributed by atoms with van der Waals surface area (Å²) in [5, 5.41) is 4.25. The fourth-order valence-corrected chi connectivity index (χ4v) is 2.22. The van der Waals surface area contributed by atoms with Crippen LogP contribution in [0.4, 0.5) is 0 Å².